The number of hydrogen-bond acceptors (Lipinski definition) is 4. The maximum atomic E-state index is 5.71. The Morgan fingerprint density at radius 1 is 1.11 bits per heavy atom. The topological polar surface area (TPSA) is 47.0 Å². The van der Waals surface area contributed by atoms with Crippen molar-refractivity contribution in [1.29, 1.82) is 0 Å². The van der Waals surface area contributed by atoms with Crippen LogP contribution in [0.15, 0.2) is 42.7 Å². The van der Waals surface area contributed by atoms with Gasteiger partial charge in [-0.3, -0.25) is 4.98 Å². The van der Waals surface area contributed by atoms with Crippen molar-refractivity contribution in [3.05, 3.63) is 54.0 Å². The second kappa shape index (κ2) is 6.71. The van der Waals surface area contributed by atoms with Gasteiger partial charge >= 0.3 is 0 Å². The van der Waals surface area contributed by atoms with Gasteiger partial charge in [-0.2, -0.15) is 0 Å². The molecule has 0 aliphatic heterocycles. The van der Waals surface area contributed by atoms with E-state index in [4.69, 9.17) is 4.74 Å². The summed E-state index contributed by atoms with van der Waals surface area (Å²) in [5.41, 5.74) is 1.97. The zero-order valence-electron chi connectivity index (χ0n) is 10.5. The monoisotopic (exact) mass is 243 g/mol. The molecule has 0 amide bonds. The zero-order valence-corrected chi connectivity index (χ0v) is 10.5. The minimum absolute atomic E-state index is 0.513. The molecule has 0 aliphatic carbocycles. The minimum Gasteiger partial charge on any atom is -0.471 e. The fourth-order valence-corrected chi connectivity index (χ4v) is 1.57. The quantitative estimate of drug-likeness (QED) is 0.844. The van der Waals surface area contributed by atoms with Gasteiger partial charge in [-0.05, 0) is 12.1 Å². The lowest BCUT2D eigenvalue weighted by atomic mass is 10.2. The number of nitrogens with zero attached hydrogens (tertiary/aromatic N) is 2. The van der Waals surface area contributed by atoms with Gasteiger partial charge in [0.1, 0.15) is 12.3 Å². The van der Waals surface area contributed by atoms with E-state index < -0.39 is 0 Å². The third kappa shape index (κ3) is 3.53. The predicted molar refractivity (Wildman–Crippen MR) is 70.2 cm³/mol. The van der Waals surface area contributed by atoms with Crippen LogP contribution in [0.3, 0.4) is 0 Å². The molecule has 0 radical (unpaired) electrons. The van der Waals surface area contributed by atoms with Crippen LogP contribution in [0.5, 0.6) is 5.88 Å². The van der Waals surface area contributed by atoms with Gasteiger partial charge in [-0.1, -0.05) is 37.3 Å². The smallest absolute Gasteiger partial charge is 0.237 e. The fraction of sp³-hybridized carbons (Fsp3) is 0.286. The summed E-state index contributed by atoms with van der Waals surface area (Å²) in [4.78, 5) is 8.50. The Bertz CT molecular complexity index is 473. The van der Waals surface area contributed by atoms with Gasteiger partial charge in [0, 0.05) is 18.9 Å². The highest BCUT2D eigenvalue weighted by molar-refractivity contribution is 5.19. The van der Waals surface area contributed by atoms with E-state index in [1.807, 2.05) is 30.3 Å². The van der Waals surface area contributed by atoms with Gasteiger partial charge in [0.2, 0.25) is 5.88 Å². The average Bonchev–Trinajstić information content (AvgIpc) is 2.45. The molecule has 1 aromatic heterocycles. The predicted octanol–water partition coefficient (Wildman–Crippen LogP) is 2.17. The molecule has 4 nitrogen and oxygen atoms in total. The van der Waals surface area contributed by atoms with E-state index >= 15 is 0 Å². The Morgan fingerprint density at radius 3 is 2.67 bits per heavy atom. The van der Waals surface area contributed by atoms with Crippen molar-refractivity contribution < 1.29 is 4.74 Å². The van der Waals surface area contributed by atoms with Crippen LogP contribution in [0.25, 0.3) is 0 Å². The first-order valence-electron chi connectivity index (χ1n) is 6.07. The molecule has 0 saturated heterocycles. The van der Waals surface area contributed by atoms with Crippen molar-refractivity contribution in [1.82, 2.24) is 15.3 Å². The van der Waals surface area contributed by atoms with Gasteiger partial charge in [0.05, 0.1) is 0 Å². The van der Waals surface area contributed by atoms with Crippen molar-refractivity contribution in [3.8, 4) is 5.88 Å². The standard InChI is InChI=1S/C14H17N3O/c1-2-15-10-13-14(17-9-8-16-13)18-11-12-6-4-3-5-7-12/h3-9,15H,2,10-11H2,1H3. The van der Waals surface area contributed by atoms with E-state index in [-0.39, 0.29) is 0 Å². The molecule has 0 atom stereocenters. The molecular weight excluding hydrogens is 226 g/mol. The number of ether oxygens (including phenoxy) is 1. The molecule has 1 N–H and O–H groups in total. The maximum Gasteiger partial charge on any atom is 0.237 e. The highest BCUT2D eigenvalue weighted by Gasteiger charge is 2.05. The Labute approximate surface area is 107 Å². The Morgan fingerprint density at radius 2 is 1.89 bits per heavy atom. The van der Waals surface area contributed by atoms with Gasteiger partial charge in [-0.15, -0.1) is 0 Å². The molecular formula is C14H17N3O. The van der Waals surface area contributed by atoms with Crippen molar-refractivity contribution in [3.63, 3.8) is 0 Å². The number of benzene rings is 1. The third-order valence-corrected chi connectivity index (χ3v) is 2.50. The second-order valence-electron chi connectivity index (χ2n) is 3.86. The third-order valence-electron chi connectivity index (χ3n) is 2.50. The number of hydrogen-bond donors (Lipinski definition) is 1. The summed E-state index contributed by atoms with van der Waals surface area (Å²) < 4.78 is 5.71. The SMILES string of the molecule is CCNCc1nccnc1OCc1ccccc1. The number of rotatable bonds is 6. The van der Waals surface area contributed by atoms with Gasteiger partial charge in [0.25, 0.3) is 0 Å². The van der Waals surface area contributed by atoms with Crippen LogP contribution in [0.4, 0.5) is 0 Å². The number of aromatic nitrogens is 2. The molecule has 0 fully saturated rings. The van der Waals surface area contributed by atoms with Crippen LogP contribution in [-0.2, 0) is 13.2 Å². The fourth-order valence-electron chi connectivity index (χ4n) is 1.57. The highest BCUT2D eigenvalue weighted by Crippen LogP contribution is 2.13. The normalized spacial score (nSPS) is 10.3. The average molecular weight is 243 g/mol. The Balaban J connectivity index is 2.00. The molecule has 0 bridgehead atoms. The lowest BCUT2D eigenvalue weighted by molar-refractivity contribution is 0.287. The summed E-state index contributed by atoms with van der Waals surface area (Å²) in [6, 6.07) is 10.0. The minimum atomic E-state index is 0.513. The molecule has 0 saturated carbocycles. The molecule has 1 heterocycles. The van der Waals surface area contributed by atoms with E-state index in [1.54, 1.807) is 12.4 Å². The lowest BCUT2D eigenvalue weighted by Gasteiger charge is -2.09. The molecule has 2 aromatic rings. The van der Waals surface area contributed by atoms with Crippen molar-refractivity contribution in [2.75, 3.05) is 6.54 Å². The molecule has 4 heteroatoms. The molecule has 0 spiro atoms. The van der Waals surface area contributed by atoms with E-state index in [1.165, 1.54) is 0 Å². The zero-order chi connectivity index (χ0) is 12.6. The van der Waals surface area contributed by atoms with E-state index in [9.17, 15) is 0 Å². The first kappa shape index (κ1) is 12.5. The summed E-state index contributed by atoms with van der Waals surface area (Å²) in [5.74, 6) is 0.599. The molecule has 0 unspecified atom stereocenters. The maximum absolute atomic E-state index is 5.71. The van der Waals surface area contributed by atoms with Crippen LogP contribution in [0, 0.1) is 0 Å². The highest BCUT2D eigenvalue weighted by atomic mass is 16.5. The molecule has 18 heavy (non-hydrogen) atoms. The first-order valence-corrected chi connectivity index (χ1v) is 6.07. The molecule has 94 valence electrons. The first-order chi connectivity index (χ1) is 8.90. The summed E-state index contributed by atoms with van der Waals surface area (Å²) >= 11 is 0. The van der Waals surface area contributed by atoms with Crippen LogP contribution >= 0.6 is 0 Å². The second-order valence-corrected chi connectivity index (χ2v) is 3.86. The Hall–Kier alpha value is -1.94. The van der Waals surface area contributed by atoms with Crippen LogP contribution in [0.2, 0.25) is 0 Å². The van der Waals surface area contributed by atoms with Gasteiger partial charge in [0.15, 0.2) is 0 Å². The van der Waals surface area contributed by atoms with E-state index in [0.717, 1.165) is 17.8 Å². The van der Waals surface area contributed by atoms with Crippen LogP contribution in [0.1, 0.15) is 18.2 Å². The van der Waals surface area contributed by atoms with Crippen molar-refractivity contribution >= 4 is 0 Å². The summed E-state index contributed by atoms with van der Waals surface area (Å²) in [6.07, 6.45) is 3.33. The lowest BCUT2D eigenvalue weighted by Crippen LogP contribution is -2.14. The molecule has 1 aromatic carbocycles. The van der Waals surface area contributed by atoms with Crippen LogP contribution < -0.4 is 10.1 Å². The largest absolute Gasteiger partial charge is 0.471 e. The number of nitrogens with one attached hydrogen (secondary N) is 1. The van der Waals surface area contributed by atoms with E-state index in [0.29, 0.717) is 19.0 Å². The van der Waals surface area contributed by atoms with Gasteiger partial charge in [-0.25, -0.2) is 4.98 Å². The van der Waals surface area contributed by atoms with Crippen molar-refractivity contribution in [2.45, 2.75) is 20.1 Å². The summed E-state index contributed by atoms with van der Waals surface area (Å²) in [7, 11) is 0. The summed E-state index contributed by atoms with van der Waals surface area (Å²) in [5, 5.41) is 3.22. The van der Waals surface area contributed by atoms with Crippen molar-refractivity contribution in [2.24, 2.45) is 0 Å². The molecule has 2 rings (SSSR count). The summed E-state index contributed by atoms with van der Waals surface area (Å²) in [6.45, 7) is 4.14. The molecule has 0 aliphatic rings. The van der Waals surface area contributed by atoms with Gasteiger partial charge < -0.3 is 10.1 Å². The Kier molecular flexibility index (Phi) is 4.67. The van der Waals surface area contributed by atoms with Crippen LogP contribution in [-0.4, -0.2) is 16.5 Å². The van der Waals surface area contributed by atoms with E-state index in [2.05, 4.69) is 22.2 Å².